The molecule has 5 heteroatoms. The smallest absolute Gasteiger partial charge is 0.0978 e. The van der Waals surface area contributed by atoms with Crippen LogP contribution in [0.15, 0.2) is 0 Å². The third kappa shape index (κ3) is 3.74. The quantitative estimate of drug-likeness (QED) is 0.747. The second-order valence-electron chi connectivity index (χ2n) is 4.83. The molecule has 1 rings (SSSR count). The fourth-order valence-electron chi connectivity index (χ4n) is 2.32. The first kappa shape index (κ1) is 14.9. The van der Waals surface area contributed by atoms with Crippen LogP contribution in [0.1, 0.15) is 40.0 Å². The second kappa shape index (κ2) is 5.27. The van der Waals surface area contributed by atoms with Gasteiger partial charge in [-0.25, -0.2) is 8.42 Å². The Bertz CT molecular complexity index is 287. The Morgan fingerprint density at radius 3 is 2.20 bits per heavy atom. The molecule has 1 fully saturated rings. The molecule has 4 nitrogen and oxygen atoms in total. The van der Waals surface area contributed by atoms with Crippen LogP contribution in [0.4, 0.5) is 0 Å². The van der Waals surface area contributed by atoms with Gasteiger partial charge in [-0.15, -0.1) is 0 Å². The van der Waals surface area contributed by atoms with E-state index < -0.39 is 15.4 Å². The van der Waals surface area contributed by atoms with Gasteiger partial charge in [0.25, 0.3) is 0 Å². The minimum Gasteiger partial charge on any atom is -0.748 e. The van der Waals surface area contributed by atoms with Crippen molar-refractivity contribution in [2.24, 2.45) is 17.8 Å². The summed E-state index contributed by atoms with van der Waals surface area (Å²) in [5.74, 6) is 0.916. The van der Waals surface area contributed by atoms with E-state index in [0.717, 1.165) is 12.8 Å². The van der Waals surface area contributed by atoms with Gasteiger partial charge in [-0.2, -0.15) is 0 Å². The molecule has 0 spiro atoms. The summed E-state index contributed by atoms with van der Waals surface area (Å²) in [5.41, 5.74) is 0. The molecule has 1 aliphatic carbocycles. The molecule has 4 N–H and O–H groups in total. The zero-order chi connectivity index (χ0) is 10.9. The van der Waals surface area contributed by atoms with Gasteiger partial charge in [0.15, 0.2) is 0 Å². The predicted molar refractivity (Wildman–Crippen MR) is 60.8 cm³/mol. The van der Waals surface area contributed by atoms with E-state index in [1.54, 1.807) is 0 Å². The van der Waals surface area contributed by atoms with Crippen LogP contribution in [0.3, 0.4) is 0 Å². The van der Waals surface area contributed by atoms with Gasteiger partial charge in [-0.05, 0) is 37.0 Å². The van der Waals surface area contributed by atoms with E-state index >= 15 is 0 Å². The highest BCUT2D eigenvalue weighted by atomic mass is 32.2. The zero-order valence-corrected chi connectivity index (χ0v) is 10.9. The molecule has 0 bridgehead atoms. The molecule has 3 unspecified atom stereocenters. The topological polar surface area (TPSA) is 93.7 Å². The lowest BCUT2D eigenvalue weighted by Gasteiger charge is -2.37. The number of hydrogen-bond acceptors (Lipinski definition) is 3. The molecule has 1 aliphatic rings. The molecule has 0 aliphatic heterocycles. The van der Waals surface area contributed by atoms with Crippen molar-refractivity contribution in [2.45, 2.75) is 45.3 Å². The molecule has 0 heterocycles. The summed E-state index contributed by atoms with van der Waals surface area (Å²) in [7, 11) is -4.09. The molecular formula is C10H23NO3S. The van der Waals surface area contributed by atoms with Crippen LogP contribution in [0, 0.1) is 17.8 Å². The van der Waals surface area contributed by atoms with Crippen LogP contribution in [0.2, 0.25) is 0 Å². The minimum absolute atomic E-state index is 0. The van der Waals surface area contributed by atoms with Crippen molar-refractivity contribution in [1.82, 2.24) is 6.15 Å². The lowest BCUT2D eigenvalue weighted by molar-refractivity contribution is 0.229. The van der Waals surface area contributed by atoms with Crippen LogP contribution in [-0.2, 0) is 10.1 Å². The number of rotatable bonds is 2. The molecule has 3 atom stereocenters. The molecular weight excluding hydrogens is 214 g/mol. The van der Waals surface area contributed by atoms with Crippen LogP contribution < -0.4 is 6.15 Å². The monoisotopic (exact) mass is 237 g/mol. The fraction of sp³-hybridized carbons (Fsp3) is 1.00. The Labute approximate surface area is 92.8 Å². The van der Waals surface area contributed by atoms with Crippen LogP contribution >= 0.6 is 0 Å². The van der Waals surface area contributed by atoms with Crippen molar-refractivity contribution in [3.05, 3.63) is 0 Å². The van der Waals surface area contributed by atoms with E-state index in [1.807, 2.05) is 6.92 Å². The normalized spacial score (nSPS) is 32.5. The second-order valence-corrected chi connectivity index (χ2v) is 6.42. The summed E-state index contributed by atoms with van der Waals surface area (Å²) in [6.45, 7) is 6.06. The van der Waals surface area contributed by atoms with Crippen LogP contribution in [0.25, 0.3) is 0 Å². The van der Waals surface area contributed by atoms with Crippen molar-refractivity contribution >= 4 is 10.1 Å². The lowest BCUT2D eigenvalue weighted by Crippen LogP contribution is -2.35. The summed E-state index contributed by atoms with van der Waals surface area (Å²) in [6, 6.07) is 0. The molecule has 15 heavy (non-hydrogen) atoms. The van der Waals surface area contributed by atoms with Crippen molar-refractivity contribution in [2.75, 3.05) is 0 Å². The highest BCUT2D eigenvalue weighted by Gasteiger charge is 2.32. The Hall–Kier alpha value is -0.130. The van der Waals surface area contributed by atoms with Gasteiger partial charge in [-0.1, -0.05) is 20.8 Å². The van der Waals surface area contributed by atoms with Gasteiger partial charge in [0.2, 0.25) is 0 Å². The third-order valence-electron chi connectivity index (χ3n) is 3.48. The number of quaternary nitrogens is 1. The largest absolute Gasteiger partial charge is 0.748 e. The highest BCUT2D eigenvalue weighted by molar-refractivity contribution is 7.86. The van der Waals surface area contributed by atoms with E-state index in [9.17, 15) is 13.0 Å². The Morgan fingerprint density at radius 1 is 1.27 bits per heavy atom. The molecule has 0 aromatic rings. The molecule has 92 valence electrons. The van der Waals surface area contributed by atoms with E-state index in [4.69, 9.17) is 0 Å². The summed E-state index contributed by atoms with van der Waals surface area (Å²) < 4.78 is 33.0. The van der Waals surface area contributed by atoms with Crippen LogP contribution in [0.5, 0.6) is 0 Å². The van der Waals surface area contributed by atoms with Gasteiger partial charge < -0.3 is 10.7 Å². The maximum Gasteiger partial charge on any atom is 0.0978 e. The molecule has 0 aromatic heterocycles. The Balaban J connectivity index is 0.00000196. The van der Waals surface area contributed by atoms with Crippen molar-refractivity contribution in [3.63, 3.8) is 0 Å². The first-order chi connectivity index (χ1) is 6.32. The van der Waals surface area contributed by atoms with Gasteiger partial charge in [0.1, 0.15) is 0 Å². The SMILES string of the molecule is CC(C)C1CCC(C)C(S(=O)(=O)[O-])C1.[NH4+]. The first-order valence-electron chi connectivity index (χ1n) is 5.27. The number of hydrogen-bond donors (Lipinski definition) is 1. The van der Waals surface area contributed by atoms with E-state index in [0.29, 0.717) is 18.3 Å². The van der Waals surface area contributed by atoms with E-state index in [1.165, 1.54) is 0 Å². The molecule has 0 radical (unpaired) electrons. The fourth-order valence-corrected chi connectivity index (χ4v) is 3.51. The summed E-state index contributed by atoms with van der Waals surface area (Å²) >= 11 is 0. The average Bonchev–Trinajstić information content (AvgIpc) is 2.02. The summed E-state index contributed by atoms with van der Waals surface area (Å²) in [6.07, 6.45) is 2.49. The zero-order valence-electron chi connectivity index (χ0n) is 10.1. The van der Waals surface area contributed by atoms with Crippen molar-refractivity contribution in [1.29, 1.82) is 0 Å². The summed E-state index contributed by atoms with van der Waals surface area (Å²) in [4.78, 5) is 0. The Kier molecular flexibility index (Phi) is 5.23. The van der Waals surface area contributed by atoms with Crippen LogP contribution in [-0.4, -0.2) is 18.2 Å². The van der Waals surface area contributed by atoms with Gasteiger partial charge in [0, 0.05) is 0 Å². The molecule has 0 saturated heterocycles. The van der Waals surface area contributed by atoms with Gasteiger partial charge in [-0.3, -0.25) is 0 Å². The van der Waals surface area contributed by atoms with E-state index in [2.05, 4.69) is 13.8 Å². The standard InChI is InChI=1S/C10H20O3S.H3N/c1-7(2)9-5-4-8(3)10(6-9)14(11,12)13;/h7-10H,4-6H2,1-3H3,(H,11,12,13);1H3. The average molecular weight is 237 g/mol. The van der Waals surface area contributed by atoms with Crippen molar-refractivity contribution < 1.29 is 13.0 Å². The highest BCUT2D eigenvalue weighted by Crippen LogP contribution is 2.36. The maximum atomic E-state index is 11.0. The molecule has 0 aromatic carbocycles. The third-order valence-corrected chi connectivity index (χ3v) is 4.87. The van der Waals surface area contributed by atoms with Gasteiger partial charge >= 0.3 is 0 Å². The molecule has 1 saturated carbocycles. The summed E-state index contributed by atoms with van der Waals surface area (Å²) in [5, 5.41) is -0.649. The van der Waals surface area contributed by atoms with Gasteiger partial charge in [0.05, 0.1) is 15.4 Å². The van der Waals surface area contributed by atoms with Crippen molar-refractivity contribution in [3.8, 4) is 0 Å². The lowest BCUT2D eigenvalue weighted by atomic mass is 9.77. The predicted octanol–water partition coefficient (Wildman–Crippen LogP) is 2.37. The molecule has 0 amide bonds. The minimum atomic E-state index is -4.09. The maximum absolute atomic E-state index is 11.0. The first-order valence-corrected chi connectivity index (χ1v) is 6.74. The van der Waals surface area contributed by atoms with E-state index in [-0.39, 0.29) is 12.1 Å². The Morgan fingerprint density at radius 2 is 1.80 bits per heavy atom.